The van der Waals surface area contributed by atoms with Crippen molar-refractivity contribution in [1.82, 2.24) is 0 Å². The second-order valence-electron chi connectivity index (χ2n) is 11.7. The highest BCUT2D eigenvalue weighted by Gasteiger charge is 2.65. The van der Waals surface area contributed by atoms with Gasteiger partial charge in [-0.2, -0.15) is 26.3 Å². The van der Waals surface area contributed by atoms with E-state index in [0.717, 1.165) is 0 Å². The Bertz CT molecular complexity index is 911. The molecule has 0 aromatic rings. The fraction of sp³-hybridized carbons (Fsp3) is 0.920. The van der Waals surface area contributed by atoms with Gasteiger partial charge in [0.2, 0.25) is 0 Å². The lowest BCUT2D eigenvalue weighted by molar-refractivity contribution is -0.313. The lowest BCUT2D eigenvalue weighted by Crippen LogP contribution is -2.46. The van der Waals surface area contributed by atoms with E-state index < -0.39 is 85.0 Å². The van der Waals surface area contributed by atoms with Crippen LogP contribution in [0.3, 0.4) is 0 Å². The number of alkyl halides is 6. The molecule has 3 aliphatic rings. The summed E-state index contributed by atoms with van der Waals surface area (Å²) in [6.45, 7) is 11.2. The largest absolute Gasteiger partial charge is 0.454 e. The standard InChI is InChI=1S/C25H36F6O9/c1-11(2)10-22(5,12(3)4)21(34)38-16-14-15(36-18(16)33)17-19(37-14)40-23(6,39-17)9-7-8-13(32)35-20(24(26,27)28)25(29,30)31/h11-12,14-17,19-21,34H,7-10H2,1-6H3. The summed E-state index contributed by atoms with van der Waals surface area (Å²) in [6, 6.07) is 0. The first-order valence-corrected chi connectivity index (χ1v) is 13.1. The number of carbonyl (C=O) groups is 2. The molecular weight excluding hydrogens is 558 g/mol. The normalized spacial score (nSPS) is 32.8. The van der Waals surface area contributed by atoms with Gasteiger partial charge >= 0.3 is 24.3 Å². The summed E-state index contributed by atoms with van der Waals surface area (Å²) < 4.78 is 108. The molecule has 8 unspecified atom stereocenters. The van der Waals surface area contributed by atoms with Gasteiger partial charge in [0.05, 0.1) is 0 Å². The molecule has 232 valence electrons. The molecule has 40 heavy (non-hydrogen) atoms. The Morgan fingerprint density at radius 3 is 2.15 bits per heavy atom. The Kier molecular flexibility index (Phi) is 9.47. The third kappa shape index (κ3) is 7.02. The van der Waals surface area contributed by atoms with E-state index in [2.05, 4.69) is 4.74 Å². The van der Waals surface area contributed by atoms with Gasteiger partial charge in [-0.3, -0.25) is 4.79 Å². The smallest absolute Gasteiger partial charge is 0.434 e. The molecule has 3 fully saturated rings. The molecule has 0 aliphatic carbocycles. The van der Waals surface area contributed by atoms with Gasteiger partial charge in [-0.15, -0.1) is 0 Å². The lowest BCUT2D eigenvalue weighted by atomic mass is 9.72. The van der Waals surface area contributed by atoms with Crippen LogP contribution in [-0.2, 0) is 38.0 Å². The van der Waals surface area contributed by atoms with E-state index in [0.29, 0.717) is 6.42 Å². The summed E-state index contributed by atoms with van der Waals surface area (Å²) in [4.78, 5) is 24.3. The molecule has 15 heteroatoms. The van der Waals surface area contributed by atoms with E-state index in [-0.39, 0.29) is 24.7 Å². The predicted molar refractivity (Wildman–Crippen MR) is 122 cm³/mol. The Balaban J connectivity index is 1.55. The summed E-state index contributed by atoms with van der Waals surface area (Å²) in [5, 5.41) is 10.9. The van der Waals surface area contributed by atoms with Gasteiger partial charge in [0.1, 0.15) is 6.10 Å². The van der Waals surface area contributed by atoms with Crippen LogP contribution in [0.15, 0.2) is 0 Å². The minimum absolute atomic E-state index is 0.0134. The molecule has 3 heterocycles. The Morgan fingerprint density at radius 2 is 1.62 bits per heavy atom. The van der Waals surface area contributed by atoms with Gasteiger partial charge in [0.25, 0.3) is 6.10 Å². The van der Waals surface area contributed by atoms with Crippen molar-refractivity contribution in [3.63, 3.8) is 0 Å². The van der Waals surface area contributed by atoms with Crippen LogP contribution in [0.2, 0.25) is 0 Å². The van der Waals surface area contributed by atoms with E-state index in [1.165, 1.54) is 6.92 Å². The molecule has 9 nitrogen and oxygen atoms in total. The van der Waals surface area contributed by atoms with Crippen LogP contribution in [0.5, 0.6) is 0 Å². The Hall–Kier alpha value is -1.68. The van der Waals surface area contributed by atoms with Gasteiger partial charge in [0.15, 0.2) is 36.7 Å². The van der Waals surface area contributed by atoms with Crippen molar-refractivity contribution in [2.24, 2.45) is 17.3 Å². The topological polar surface area (TPSA) is 110 Å². The number of halogens is 6. The molecular formula is C25H36F6O9. The second kappa shape index (κ2) is 11.5. The fourth-order valence-electron chi connectivity index (χ4n) is 5.25. The third-order valence-electron chi connectivity index (χ3n) is 7.60. The molecule has 0 aromatic carbocycles. The summed E-state index contributed by atoms with van der Waals surface area (Å²) in [5.41, 5.74) is -0.673. The van der Waals surface area contributed by atoms with Crippen LogP contribution in [0.4, 0.5) is 26.3 Å². The zero-order valence-corrected chi connectivity index (χ0v) is 23.0. The van der Waals surface area contributed by atoms with Crippen molar-refractivity contribution >= 4 is 11.9 Å². The van der Waals surface area contributed by atoms with E-state index in [1.807, 2.05) is 34.6 Å². The monoisotopic (exact) mass is 594 g/mol. The van der Waals surface area contributed by atoms with Crippen LogP contribution in [-0.4, -0.2) is 78.3 Å². The molecule has 8 atom stereocenters. The Morgan fingerprint density at radius 1 is 1.02 bits per heavy atom. The fourth-order valence-corrected chi connectivity index (χ4v) is 5.25. The molecule has 3 aliphatic heterocycles. The van der Waals surface area contributed by atoms with Crippen molar-refractivity contribution in [1.29, 1.82) is 0 Å². The highest BCUT2D eigenvalue weighted by molar-refractivity contribution is 5.78. The number of aliphatic hydroxyl groups excluding tert-OH is 1. The number of fused-ring (bicyclic) bond motifs is 3. The lowest BCUT2D eigenvalue weighted by Gasteiger charge is -2.40. The Labute approximate surface area is 227 Å². The minimum Gasteiger partial charge on any atom is -0.454 e. The van der Waals surface area contributed by atoms with Crippen molar-refractivity contribution in [2.45, 2.75) is 128 Å². The summed E-state index contributed by atoms with van der Waals surface area (Å²) >= 11 is 0. The first-order valence-electron chi connectivity index (χ1n) is 13.1. The quantitative estimate of drug-likeness (QED) is 0.212. The summed E-state index contributed by atoms with van der Waals surface area (Å²) in [7, 11) is 0. The molecule has 0 saturated carbocycles. The minimum atomic E-state index is -5.80. The second-order valence-corrected chi connectivity index (χ2v) is 11.7. The third-order valence-corrected chi connectivity index (χ3v) is 7.60. The van der Waals surface area contributed by atoms with E-state index in [1.54, 1.807) is 0 Å². The van der Waals surface area contributed by atoms with Gasteiger partial charge < -0.3 is 33.5 Å². The molecule has 0 bridgehead atoms. The number of hydrogen-bond donors (Lipinski definition) is 1. The molecule has 0 aromatic heterocycles. The highest BCUT2D eigenvalue weighted by Crippen LogP contribution is 2.46. The van der Waals surface area contributed by atoms with Crippen LogP contribution in [0.25, 0.3) is 0 Å². The van der Waals surface area contributed by atoms with Gasteiger partial charge in [-0.05, 0) is 31.6 Å². The van der Waals surface area contributed by atoms with E-state index in [9.17, 15) is 41.0 Å². The zero-order valence-electron chi connectivity index (χ0n) is 23.0. The van der Waals surface area contributed by atoms with Crippen LogP contribution < -0.4 is 0 Å². The summed E-state index contributed by atoms with van der Waals surface area (Å²) in [6.07, 6.45) is -22.7. The number of hydrogen-bond acceptors (Lipinski definition) is 9. The number of esters is 2. The maximum Gasteiger partial charge on any atom is 0.434 e. The maximum atomic E-state index is 12.6. The van der Waals surface area contributed by atoms with Crippen LogP contribution in [0.1, 0.15) is 67.2 Å². The van der Waals surface area contributed by atoms with Crippen molar-refractivity contribution < 1.29 is 69.5 Å². The van der Waals surface area contributed by atoms with Crippen LogP contribution in [0, 0.1) is 17.3 Å². The number of ether oxygens (including phenoxy) is 6. The van der Waals surface area contributed by atoms with Crippen molar-refractivity contribution in [3.05, 3.63) is 0 Å². The SMILES string of the molecule is CC(C)CC(C)(C(C)C)C(O)OC1C(=O)OC2C3OC(C)(CCCC(=O)OC(C(F)(F)F)C(F)(F)F)OC3OC12. The average Bonchev–Trinajstić information content (AvgIpc) is 3.37. The predicted octanol–water partition coefficient (Wildman–Crippen LogP) is 4.39. The van der Waals surface area contributed by atoms with Crippen molar-refractivity contribution in [3.8, 4) is 0 Å². The van der Waals surface area contributed by atoms with Crippen LogP contribution >= 0.6 is 0 Å². The highest BCUT2D eigenvalue weighted by atomic mass is 19.4. The molecule has 0 spiro atoms. The molecule has 3 rings (SSSR count). The maximum absolute atomic E-state index is 12.6. The van der Waals surface area contributed by atoms with Gasteiger partial charge in [-0.1, -0.05) is 34.6 Å². The zero-order chi connectivity index (χ0) is 30.4. The first kappa shape index (κ1) is 32.8. The number of rotatable bonds is 11. The molecule has 0 amide bonds. The first-order chi connectivity index (χ1) is 18.2. The van der Waals surface area contributed by atoms with E-state index in [4.69, 9.17) is 23.7 Å². The van der Waals surface area contributed by atoms with Gasteiger partial charge in [0, 0.05) is 18.3 Å². The number of aliphatic hydroxyl groups is 1. The summed E-state index contributed by atoms with van der Waals surface area (Å²) in [5.74, 6) is -3.63. The molecule has 3 saturated heterocycles. The van der Waals surface area contributed by atoms with Crippen molar-refractivity contribution in [2.75, 3.05) is 0 Å². The molecule has 1 N–H and O–H groups in total. The molecule has 0 radical (unpaired) electrons. The van der Waals surface area contributed by atoms with E-state index >= 15 is 0 Å². The number of carbonyl (C=O) groups excluding carboxylic acids is 2. The van der Waals surface area contributed by atoms with Gasteiger partial charge in [-0.25, -0.2) is 4.79 Å². The average molecular weight is 595 g/mol.